The fraction of sp³-hybridized carbons (Fsp3) is 0.125. The fourth-order valence-electron chi connectivity index (χ4n) is 1.78. The van der Waals surface area contributed by atoms with Gasteiger partial charge in [0, 0.05) is 24.2 Å². The third-order valence-electron chi connectivity index (χ3n) is 2.89. The first kappa shape index (κ1) is 13.2. The van der Waals surface area contributed by atoms with E-state index in [9.17, 15) is 9.59 Å². The van der Waals surface area contributed by atoms with E-state index in [4.69, 9.17) is 0 Å². The van der Waals surface area contributed by atoms with Gasteiger partial charge in [-0.1, -0.05) is 48.5 Å². The maximum atomic E-state index is 10.5. The monoisotopic (exact) mass is 253 g/mol. The van der Waals surface area contributed by atoms with Crippen molar-refractivity contribution in [3.05, 3.63) is 70.8 Å². The minimum atomic E-state index is 0.688. The Morgan fingerprint density at radius 3 is 1.37 bits per heavy atom. The smallest absolute Gasteiger partial charge is 0.150 e. The van der Waals surface area contributed by atoms with Crippen LogP contribution in [0.15, 0.2) is 48.5 Å². The van der Waals surface area contributed by atoms with Crippen LogP contribution in [0.5, 0.6) is 0 Å². The van der Waals surface area contributed by atoms with Gasteiger partial charge in [0.05, 0.1) is 0 Å². The Labute approximate surface area is 112 Å². The molecule has 0 saturated carbocycles. The highest BCUT2D eigenvalue weighted by Crippen LogP contribution is 2.04. The Hall–Kier alpha value is -2.26. The quantitative estimate of drug-likeness (QED) is 0.805. The van der Waals surface area contributed by atoms with Gasteiger partial charge in [-0.05, 0) is 11.1 Å². The summed E-state index contributed by atoms with van der Waals surface area (Å²) in [5.41, 5.74) is 3.65. The number of hydrogen-bond acceptors (Lipinski definition) is 3. The number of nitrogens with one attached hydrogen (secondary N) is 1. The normalized spacial score (nSPS) is 10.1. The maximum Gasteiger partial charge on any atom is 0.150 e. The van der Waals surface area contributed by atoms with E-state index in [1.54, 1.807) is 0 Å². The molecular weight excluding hydrogens is 238 g/mol. The van der Waals surface area contributed by atoms with Crippen LogP contribution in [0.4, 0.5) is 0 Å². The molecule has 0 saturated heterocycles. The van der Waals surface area contributed by atoms with Crippen LogP contribution < -0.4 is 5.32 Å². The zero-order valence-corrected chi connectivity index (χ0v) is 10.5. The Balaban J connectivity index is 1.84. The highest BCUT2D eigenvalue weighted by atomic mass is 16.1. The van der Waals surface area contributed by atoms with Gasteiger partial charge >= 0.3 is 0 Å². The van der Waals surface area contributed by atoms with Crippen molar-refractivity contribution in [3.63, 3.8) is 0 Å². The second kappa shape index (κ2) is 6.61. The van der Waals surface area contributed by atoms with Gasteiger partial charge in [-0.25, -0.2) is 0 Å². The number of rotatable bonds is 6. The largest absolute Gasteiger partial charge is 0.309 e. The molecule has 2 aromatic carbocycles. The highest BCUT2D eigenvalue weighted by Gasteiger charge is 1.96. The lowest BCUT2D eigenvalue weighted by Gasteiger charge is -2.05. The molecule has 2 rings (SSSR count). The minimum Gasteiger partial charge on any atom is -0.309 e. The molecule has 3 nitrogen and oxygen atoms in total. The lowest BCUT2D eigenvalue weighted by Crippen LogP contribution is -2.12. The summed E-state index contributed by atoms with van der Waals surface area (Å²) in [6, 6.07) is 15.0. The fourth-order valence-corrected chi connectivity index (χ4v) is 1.78. The molecule has 19 heavy (non-hydrogen) atoms. The first-order chi connectivity index (χ1) is 9.31. The van der Waals surface area contributed by atoms with Gasteiger partial charge in [0.2, 0.25) is 0 Å². The van der Waals surface area contributed by atoms with Crippen LogP contribution in [0.1, 0.15) is 31.8 Å². The van der Waals surface area contributed by atoms with Crippen molar-refractivity contribution >= 4 is 12.6 Å². The van der Waals surface area contributed by atoms with Gasteiger partial charge < -0.3 is 5.32 Å². The van der Waals surface area contributed by atoms with Gasteiger partial charge in [-0.3, -0.25) is 9.59 Å². The zero-order valence-electron chi connectivity index (χ0n) is 10.5. The number of aldehydes is 2. The van der Waals surface area contributed by atoms with Crippen molar-refractivity contribution in [2.24, 2.45) is 0 Å². The molecule has 0 radical (unpaired) electrons. The molecular formula is C16H15NO2. The van der Waals surface area contributed by atoms with Gasteiger partial charge in [-0.2, -0.15) is 0 Å². The number of benzene rings is 2. The first-order valence-corrected chi connectivity index (χ1v) is 6.11. The summed E-state index contributed by atoms with van der Waals surface area (Å²) in [5, 5.41) is 3.32. The molecule has 0 amide bonds. The summed E-state index contributed by atoms with van der Waals surface area (Å²) in [5.74, 6) is 0. The number of carbonyl (C=O) groups is 2. The molecule has 0 bridgehead atoms. The summed E-state index contributed by atoms with van der Waals surface area (Å²) in [6.45, 7) is 1.49. The molecule has 0 unspecified atom stereocenters. The molecule has 0 aliphatic carbocycles. The predicted molar refractivity (Wildman–Crippen MR) is 74.2 cm³/mol. The van der Waals surface area contributed by atoms with Gasteiger partial charge in [0.25, 0.3) is 0 Å². The third kappa shape index (κ3) is 3.86. The summed E-state index contributed by atoms with van der Waals surface area (Å²) in [4.78, 5) is 21.1. The van der Waals surface area contributed by atoms with Crippen LogP contribution in [0.2, 0.25) is 0 Å². The molecule has 3 heteroatoms. The highest BCUT2D eigenvalue weighted by molar-refractivity contribution is 5.75. The molecule has 0 fully saturated rings. The van der Waals surface area contributed by atoms with E-state index in [1.807, 2.05) is 48.5 Å². The minimum absolute atomic E-state index is 0.688. The van der Waals surface area contributed by atoms with E-state index < -0.39 is 0 Å². The van der Waals surface area contributed by atoms with Crippen molar-refractivity contribution < 1.29 is 9.59 Å². The van der Waals surface area contributed by atoms with Crippen molar-refractivity contribution in [3.8, 4) is 0 Å². The van der Waals surface area contributed by atoms with E-state index in [-0.39, 0.29) is 0 Å². The number of hydrogen-bond donors (Lipinski definition) is 1. The molecule has 0 atom stereocenters. The van der Waals surface area contributed by atoms with E-state index in [0.29, 0.717) is 11.1 Å². The number of carbonyl (C=O) groups excluding carboxylic acids is 2. The lowest BCUT2D eigenvalue weighted by molar-refractivity contribution is 0.111. The SMILES string of the molecule is O=Cc1ccc(CNCc2ccc(C=O)cc2)cc1. The van der Waals surface area contributed by atoms with E-state index >= 15 is 0 Å². The van der Waals surface area contributed by atoms with Crippen LogP contribution in [-0.2, 0) is 13.1 Å². The molecule has 0 aliphatic rings. The average molecular weight is 253 g/mol. The Morgan fingerprint density at radius 2 is 1.05 bits per heavy atom. The van der Waals surface area contributed by atoms with Crippen LogP contribution >= 0.6 is 0 Å². The third-order valence-corrected chi connectivity index (χ3v) is 2.89. The average Bonchev–Trinajstić information content (AvgIpc) is 2.49. The van der Waals surface area contributed by atoms with E-state index in [2.05, 4.69) is 5.32 Å². The maximum absolute atomic E-state index is 10.5. The molecule has 0 aromatic heterocycles. The van der Waals surface area contributed by atoms with Crippen molar-refractivity contribution in [2.45, 2.75) is 13.1 Å². The van der Waals surface area contributed by atoms with Crippen LogP contribution in [0.3, 0.4) is 0 Å². The van der Waals surface area contributed by atoms with Crippen molar-refractivity contribution in [1.82, 2.24) is 5.32 Å². The van der Waals surface area contributed by atoms with E-state index in [0.717, 1.165) is 36.8 Å². The summed E-state index contributed by atoms with van der Waals surface area (Å²) >= 11 is 0. The van der Waals surface area contributed by atoms with Crippen LogP contribution in [-0.4, -0.2) is 12.6 Å². The molecule has 1 N–H and O–H groups in total. The molecule has 2 aromatic rings. The summed E-state index contributed by atoms with van der Waals surface area (Å²) < 4.78 is 0. The van der Waals surface area contributed by atoms with Crippen molar-refractivity contribution in [2.75, 3.05) is 0 Å². The Kier molecular flexibility index (Phi) is 4.59. The molecule has 96 valence electrons. The second-order valence-electron chi connectivity index (χ2n) is 4.32. The summed E-state index contributed by atoms with van der Waals surface area (Å²) in [6.07, 6.45) is 1.68. The van der Waals surface area contributed by atoms with Crippen LogP contribution in [0, 0.1) is 0 Å². The standard InChI is InChI=1S/C16H15NO2/c18-11-15-5-1-13(2-6-15)9-17-10-14-3-7-16(12-19)8-4-14/h1-8,11-12,17H,9-10H2. The van der Waals surface area contributed by atoms with Gasteiger partial charge in [-0.15, -0.1) is 0 Å². The summed E-state index contributed by atoms with van der Waals surface area (Å²) in [7, 11) is 0. The second-order valence-corrected chi connectivity index (χ2v) is 4.32. The lowest BCUT2D eigenvalue weighted by atomic mass is 10.1. The first-order valence-electron chi connectivity index (χ1n) is 6.11. The van der Waals surface area contributed by atoms with Gasteiger partial charge in [0.15, 0.2) is 0 Å². The molecule has 0 heterocycles. The van der Waals surface area contributed by atoms with Gasteiger partial charge in [0.1, 0.15) is 12.6 Å². The Bertz CT molecular complexity index is 492. The Morgan fingerprint density at radius 1 is 0.684 bits per heavy atom. The van der Waals surface area contributed by atoms with Crippen LogP contribution in [0.25, 0.3) is 0 Å². The molecule has 0 spiro atoms. The topological polar surface area (TPSA) is 46.2 Å². The van der Waals surface area contributed by atoms with E-state index in [1.165, 1.54) is 0 Å². The molecule has 0 aliphatic heterocycles. The van der Waals surface area contributed by atoms with Crippen molar-refractivity contribution in [1.29, 1.82) is 0 Å². The predicted octanol–water partition coefficient (Wildman–Crippen LogP) is 2.60. The zero-order chi connectivity index (χ0) is 13.5.